The Bertz CT molecular complexity index is 362. The van der Waals surface area contributed by atoms with E-state index in [2.05, 4.69) is 16.5 Å². The zero-order valence-electron chi connectivity index (χ0n) is 10.0. The van der Waals surface area contributed by atoms with Gasteiger partial charge in [0.2, 0.25) is 0 Å². The van der Waals surface area contributed by atoms with Crippen molar-refractivity contribution in [3.8, 4) is 0 Å². The molecule has 0 amide bonds. The minimum absolute atomic E-state index is 0.282. The average Bonchev–Trinajstić information content (AvgIpc) is 2.78. The zero-order valence-corrected chi connectivity index (χ0v) is 10.0. The van der Waals surface area contributed by atoms with E-state index < -0.39 is 17.6 Å². The fourth-order valence-corrected chi connectivity index (χ4v) is 1.00. The molecule has 17 heavy (non-hydrogen) atoms. The SMILES string of the molecule is CCn1cnc(C(=O)O)c1C(=O)O.CN.CN. The first-order valence-corrected chi connectivity index (χ1v) is 4.75. The Morgan fingerprint density at radius 1 is 1.24 bits per heavy atom. The van der Waals surface area contributed by atoms with Crippen LogP contribution >= 0.6 is 0 Å². The number of carboxylic acid groups (broad SMARTS) is 2. The molecule has 0 bridgehead atoms. The lowest BCUT2D eigenvalue weighted by Gasteiger charge is -1.99. The van der Waals surface area contributed by atoms with E-state index in [0.29, 0.717) is 6.54 Å². The Labute approximate surface area is 98.9 Å². The molecule has 1 rings (SSSR count). The normalized spacial score (nSPS) is 8.29. The molecule has 0 aromatic carbocycles. The molecule has 1 aromatic rings. The second-order valence-corrected chi connectivity index (χ2v) is 2.34. The smallest absolute Gasteiger partial charge is 0.357 e. The van der Waals surface area contributed by atoms with E-state index in [0.717, 1.165) is 0 Å². The highest BCUT2D eigenvalue weighted by atomic mass is 16.4. The molecular weight excluding hydrogens is 228 g/mol. The van der Waals surface area contributed by atoms with Crippen molar-refractivity contribution in [3.05, 3.63) is 17.7 Å². The fraction of sp³-hybridized carbons (Fsp3) is 0.444. The Kier molecular flexibility index (Phi) is 9.56. The van der Waals surface area contributed by atoms with E-state index in [4.69, 9.17) is 10.2 Å². The van der Waals surface area contributed by atoms with Crippen LogP contribution in [0.15, 0.2) is 6.33 Å². The molecule has 0 unspecified atom stereocenters. The monoisotopic (exact) mass is 246 g/mol. The van der Waals surface area contributed by atoms with Gasteiger partial charge in [-0.25, -0.2) is 14.6 Å². The second-order valence-electron chi connectivity index (χ2n) is 2.34. The molecule has 0 radical (unpaired) electrons. The molecule has 0 aliphatic carbocycles. The predicted octanol–water partition coefficient (Wildman–Crippen LogP) is -0.551. The molecule has 0 fully saturated rings. The summed E-state index contributed by atoms with van der Waals surface area (Å²) in [5, 5.41) is 17.3. The number of carbonyl (C=O) groups is 2. The molecule has 1 heterocycles. The van der Waals surface area contributed by atoms with Crippen LogP contribution in [0, 0.1) is 0 Å². The Balaban J connectivity index is 0. The molecule has 0 aliphatic rings. The summed E-state index contributed by atoms with van der Waals surface area (Å²) < 4.78 is 1.27. The Hall–Kier alpha value is -1.93. The molecule has 8 heteroatoms. The summed E-state index contributed by atoms with van der Waals surface area (Å²) in [7, 11) is 3.00. The molecule has 0 aliphatic heterocycles. The number of aryl methyl sites for hydroxylation is 1. The lowest BCUT2D eigenvalue weighted by molar-refractivity contribution is 0.0640. The van der Waals surface area contributed by atoms with Gasteiger partial charge in [0.05, 0.1) is 6.33 Å². The van der Waals surface area contributed by atoms with Gasteiger partial charge in [0.1, 0.15) is 0 Å². The zero-order chi connectivity index (χ0) is 14.0. The first kappa shape index (κ1) is 17.5. The molecule has 0 atom stereocenters. The van der Waals surface area contributed by atoms with Crippen LogP contribution in [-0.4, -0.2) is 45.8 Å². The van der Waals surface area contributed by atoms with Crippen LogP contribution in [-0.2, 0) is 6.54 Å². The Morgan fingerprint density at radius 3 is 2.00 bits per heavy atom. The molecular formula is C9H18N4O4. The minimum Gasteiger partial charge on any atom is -0.476 e. The number of carboxylic acids is 2. The van der Waals surface area contributed by atoms with Gasteiger partial charge in [-0.05, 0) is 21.0 Å². The second kappa shape index (κ2) is 9.31. The van der Waals surface area contributed by atoms with Crippen LogP contribution in [0.4, 0.5) is 0 Å². The standard InChI is InChI=1S/C7H8N2O4.2CH5N/c1-2-9-3-8-4(6(10)11)5(9)7(12)13;2*1-2/h3H,2H2,1H3,(H,10,11)(H,12,13);2*2H2,1H3. The molecule has 98 valence electrons. The van der Waals surface area contributed by atoms with Gasteiger partial charge < -0.3 is 26.2 Å². The highest BCUT2D eigenvalue weighted by molar-refractivity contribution is 5.99. The maximum absolute atomic E-state index is 10.6. The largest absolute Gasteiger partial charge is 0.476 e. The quantitative estimate of drug-likeness (QED) is 0.559. The molecule has 6 N–H and O–H groups in total. The number of nitrogens with zero attached hydrogens (tertiary/aromatic N) is 2. The summed E-state index contributed by atoms with van der Waals surface area (Å²) in [5.41, 5.74) is 8.30. The van der Waals surface area contributed by atoms with Crippen molar-refractivity contribution in [2.45, 2.75) is 13.5 Å². The number of aromatic nitrogens is 2. The highest BCUT2D eigenvalue weighted by Crippen LogP contribution is 2.07. The van der Waals surface area contributed by atoms with Gasteiger partial charge in [-0.15, -0.1) is 0 Å². The number of hydrogen-bond acceptors (Lipinski definition) is 5. The van der Waals surface area contributed by atoms with E-state index in [1.807, 2.05) is 0 Å². The van der Waals surface area contributed by atoms with E-state index in [1.165, 1.54) is 25.0 Å². The number of imidazole rings is 1. The van der Waals surface area contributed by atoms with Crippen LogP contribution in [0.1, 0.15) is 27.9 Å². The van der Waals surface area contributed by atoms with Gasteiger partial charge in [0, 0.05) is 6.54 Å². The summed E-state index contributed by atoms with van der Waals surface area (Å²) in [4.78, 5) is 24.6. The van der Waals surface area contributed by atoms with Crippen molar-refractivity contribution in [3.63, 3.8) is 0 Å². The maximum atomic E-state index is 10.6. The third kappa shape index (κ3) is 4.62. The topological polar surface area (TPSA) is 144 Å². The molecule has 1 aromatic heterocycles. The van der Waals surface area contributed by atoms with E-state index >= 15 is 0 Å². The fourth-order valence-electron chi connectivity index (χ4n) is 1.00. The van der Waals surface area contributed by atoms with Crippen molar-refractivity contribution in [1.29, 1.82) is 0 Å². The van der Waals surface area contributed by atoms with Crippen LogP contribution in [0.5, 0.6) is 0 Å². The third-order valence-corrected chi connectivity index (χ3v) is 1.58. The van der Waals surface area contributed by atoms with Crippen LogP contribution in [0.3, 0.4) is 0 Å². The summed E-state index contributed by atoms with van der Waals surface area (Å²) in [6.07, 6.45) is 1.20. The molecule has 0 saturated carbocycles. The van der Waals surface area contributed by atoms with E-state index in [9.17, 15) is 9.59 Å². The van der Waals surface area contributed by atoms with Gasteiger partial charge in [-0.3, -0.25) is 0 Å². The van der Waals surface area contributed by atoms with Crippen LogP contribution < -0.4 is 11.5 Å². The minimum atomic E-state index is -1.33. The first-order valence-electron chi connectivity index (χ1n) is 4.75. The van der Waals surface area contributed by atoms with Crippen LogP contribution in [0.25, 0.3) is 0 Å². The summed E-state index contributed by atoms with van der Waals surface area (Å²) >= 11 is 0. The van der Waals surface area contributed by atoms with Gasteiger partial charge in [0.15, 0.2) is 11.4 Å². The highest BCUT2D eigenvalue weighted by Gasteiger charge is 2.21. The van der Waals surface area contributed by atoms with Gasteiger partial charge >= 0.3 is 11.9 Å². The Morgan fingerprint density at radius 2 is 1.71 bits per heavy atom. The van der Waals surface area contributed by atoms with Crippen molar-refractivity contribution in [2.24, 2.45) is 11.5 Å². The summed E-state index contributed by atoms with van der Waals surface area (Å²) in [6.45, 7) is 2.08. The van der Waals surface area contributed by atoms with Gasteiger partial charge in [-0.2, -0.15) is 0 Å². The summed E-state index contributed by atoms with van der Waals surface area (Å²) in [5.74, 6) is -2.61. The van der Waals surface area contributed by atoms with Crippen molar-refractivity contribution >= 4 is 11.9 Å². The third-order valence-electron chi connectivity index (χ3n) is 1.58. The lowest BCUT2D eigenvalue weighted by Crippen LogP contribution is -2.12. The molecule has 8 nitrogen and oxygen atoms in total. The predicted molar refractivity (Wildman–Crippen MR) is 62.0 cm³/mol. The number of hydrogen-bond donors (Lipinski definition) is 4. The number of rotatable bonds is 3. The van der Waals surface area contributed by atoms with Crippen molar-refractivity contribution in [2.75, 3.05) is 14.1 Å². The first-order chi connectivity index (χ1) is 8.07. The lowest BCUT2D eigenvalue weighted by atomic mass is 10.3. The van der Waals surface area contributed by atoms with Crippen LogP contribution in [0.2, 0.25) is 0 Å². The van der Waals surface area contributed by atoms with E-state index in [-0.39, 0.29) is 5.69 Å². The summed E-state index contributed by atoms with van der Waals surface area (Å²) in [6, 6.07) is 0. The van der Waals surface area contributed by atoms with Gasteiger partial charge in [-0.1, -0.05) is 0 Å². The molecule has 0 saturated heterocycles. The molecule has 0 spiro atoms. The average molecular weight is 246 g/mol. The van der Waals surface area contributed by atoms with E-state index in [1.54, 1.807) is 6.92 Å². The number of nitrogens with two attached hydrogens (primary N) is 2. The maximum Gasteiger partial charge on any atom is 0.357 e. The van der Waals surface area contributed by atoms with Gasteiger partial charge in [0.25, 0.3) is 0 Å². The number of aromatic carboxylic acids is 2. The van der Waals surface area contributed by atoms with Crippen molar-refractivity contribution in [1.82, 2.24) is 9.55 Å². The van der Waals surface area contributed by atoms with Crippen molar-refractivity contribution < 1.29 is 19.8 Å².